The van der Waals surface area contributed by atoms with Crippen molar-refractivity contribution >= 4 is 17.6 Å². The van der Waals surface area contributed by atoms with E-state index in [2.05, 4.69) is 18.8 Å². The fourth-order valence-corrected chi connectivity index (χ4v) is 3.77. The molecule has 1 aliphatic heterocycles. The molecule has 2 aromatic carbocycles. The highest BCUT2D eigenvalue weighted by Crippen LogP contribution is 2.30. The predicted molar refractivity (Wildman–Crippen MR) is 112 cm³/mol. The van der Waals surface area contributed by atoms with Gasteiger partial charge in [0, 0.05) is 5.56 Å². The second-order valence-electron chi connectivity index (χ2n) is 8.07. The van der Waals surface area contributed by atoms with Crippen molar-refractivity contribution < 1.29 is 9.59 Å². The maximum atomic E-state index is 12.9. The van der Waals surface area contributed by atoms with Crippen LogP contribution in [0.4, 0.5) is 0 Å². The van der Waals surface area contributed by atoms with Crippen LogP contribution in [0.15, 0.2) is 53.5 Å². The van der Waals surface area contributed by atoms with Crippen molar-refractivity contribution in [2.24, 2.45) is 16.6 Å². The van der Waals surface area contributed by atoms with Crippen LogP contribution in [-0.4, -0.2) is 28.1 Å². The van der Waals surface area contributed by atoms with E-state index in [0.717, 1.165) is 16.7 Å². The minimum atomic E-state index is -0.779. The van der Waals surface area contributed by atoms with E-state index in [9.17, 15) is 9.59 Å². The molecule has 0 bridgehead atoms. The number of ketones is 1. The molecule has 1 atom stereocenters. The molecule has 0 aromatic heterocycles. The first-order chi connectivity index (χ1) is 13.2. The number of hydrogen-bond donors (Lipinski definition) is 1. The molecule has 0 radical (unpaired) electrons. The largest absolute Gasteiger partial charge is 0.369 e. The van der Waals surface area contributed by atoms with Gasteiger partial charge < -0.3 is 5.73 Å². The Labute approximate surface area is 166 Å². The van der Waals surface area contributed by atoms with Gasteiger partial charge in [0.05, 0.1) is 6.54 Å². The van der Waals surface area contributed by atoms with Crippen LogP contribution in [0.1, 0.15) is 50.0 Å². The maximum absolute atomic E-state index is 12.9. The summed E-state index contributed by atoms with van der Waals surface area (Å²) in [6, 6.07) is 15.5. The fraction of sp³-hybridized carbons (Fsp3) is 0.348. The number of aliphatic imine (C=N–C) groups is 1. The van der Waals surface area contributed by atoms with Crippen molar-refractivity contribution in [3.05, 3.63) is 59.7 Å². The van der Waals surface area contributed by atoms with Gasteiger partial charge in [0.15, 0.2) is 11.7 Å². The summed E-state index contributed by atoms with van der Waals surface area (Å²) in [4.78, 5) is 30.4. The highest BCUT2D eigenvalue weighted by molar-refractivity contribution is 6.06. The molecule has 1 amide bonds. The van der Waals surface area contributed by atoms with Crippen molar-refractivity contribution in [3.8, 4) is 11.1 Å². The third-order valence-corrected chi connectivity index (χ3v) is 5.04. The van der Waals surface area contributed by atoms with Gasteiger partial charge in [-0.3, -0.25) is 14.5 Å². The highest BCUT2D eigenvalue weighted by atomic mass is 16.2. The first-order valence-electron chi connectivity index (χ1n) is 9.57. The van der Waals surface area contributed by atoms with Crippen molar-refractivity contribution in [2.75, 3.05) is 0 Å². The maximum Gasteiger partial charge on any atom is 0.257 e. The second-order valence-corrected chi connectivity index (χ2v) is 8.07. The minimum Gasteiger partial charge on any atom is -0.369 e. The number of Topliss-reactive ketones (excluding diaryl/α,β-unsaturated/α-hetero) is 1. The molecule has 28 heavy (non-hydrogen) atoms. The molecular formula is C23H27N3O2. The van der Waals surface area contributed by atoms with E-state index in [0.29, 0.717) is 24.4 Å². The number of nitrogens with two attached hydrogens (primary N) is 1. The molecule has 0 saturated heterocycles. The monoisotopic (exact) mass is 377 g/mol. The standard InChI is InChI=1S/C23H27N3O2/c1-15(2)13-23(4)21(28)26(22(24)25-23)14-17-6-5-7-20(12-17)19-10-8-18(9-11-19)16(3)27/h5-12,15H,13-14H2,1-4H3,(H2,24,25). The number of hydrogen-bond acceptors (Lipinski definition) is 4. The molecule has 1 heterocycles. The Morgan fingerprint density at radius 1 is 1.14 bits per heavy atom. The second kappa shape index (κ2) is 7.58. The number of carbonyl (C=O) groups excluding carboxylic acids is 2. The summed E-state index contributed by atoms with van der Waals surface area (Å²) in [5.41, 5.74) is 9.02. The fourth-order valence-electron chi connectivity index (χ4n) is 3.77. The van der Waals surface area contributed by atoms with E-state index >= 15 is 0 Å². The topological polar surface area (TPSA) is 75.8 Å². The van der Waals surface area contributed by atoms with Gasteiger partial charge >= 0.3 is 0 Å². The van der Waals surface area contributed by atoms with Gasteiger partial charge in [0.1, 0.15) is 5.54 Å². The molecule has 5 heteroatoms. The molecule has 1 aliphatic rings. The summed E-state index contributed by atoms with van der Waals surface area (Å²) in [6.07, 6.45) is 0.672. The first-order valence-corrected chi connectivity index (χ1v) is 9.57. The van der Waals surface area contributed by atoms with E-state index in [-0.39, 0.29) is 17.6 Å². The molecule has 2 aromatic rings. The number of carbonyl (C=O) groups is 2. The van der Waals surface area contributed by atoms with Crippen LogP contribution in [0.3, 0.4) is 0 Å². The molecule has 2 N–H and O–H groups in total. The lowest BCUT2D eigenvalue weighted by Crippen LogP contribution is -2.43. The average Bonchev–Trinajstić information content (AvgIpc) is 2.84. The van der Waals surface area contributed by atoms with Gasteiger partial charge in [0.2, 0.25) is 0 Å². The third kappa shape index (κ3) is 3.98. The zero-order valence-electron chi connectivity index (χ0n) is 16.9. The molecule has 0 saturated carbocycles. The SMILES string of the molecule is CC(=O)c1ccc(-c2cccc(CN3C(=O)C(C)(CC(C)C)N=C3N)c2)cc1. The quantitative estimate of drug-likeness (QED) is 0.773. The Hall–Kier alpha value is -2.95. The summed E-state index contributed by atoms with van der Waals surface area (Å²) in [6.45, 7) is 7.96. The van der Waals surface area contributed by atoms with Crippen LogP contribution >= 0.6 is 0 Å². The molecule has 0 spiro atoms. The van der Waals surface area contributed by atoms with Crippen LogP contribution < -0.4 is 5.73 Å². The van der Waals surface area contributed by atoms with Crippen LogP contribution in [0.5, 0.6) is 0 Å². The van der Waals surface area contributed by atoms with Crippen LogP contribution in [0.25, 0.3) is 11.1 Å². The lowest BCUT2D eigenvalue weighted by atomic mass is 9.91. The predicted octanol–water partition coefficient (Wildman–Crippen LogP) is 4.02. The van der Waals surface area contributed by atoms with E-state index in [1.165, 1.54) is 0 Å². The lowest BCUT2D eigenvalue weighted by molar-refractivity contribution is -0.131. The average molecular weight is 377 g/mol. The number of rotatable bonds is 6. The molecule has 0 fully saturated rings. The van der Waals surface area contributed by atoms with Gasteiger partial charge in [-0.15, -0.1) is 0 Å². The number of guanidine groups is 1. The van der Waals surface area contributed by atoms with Crippen LogP contribution in [0.2, 0.25) is 0 Å². The third-order valence-electron chi connectivity index (χ3n) is 5.04. The number of amides is 1. The molecule has 1 unspecified atom stereocenters. The van der Waals surface area contributed by atoms with E-state index < -0.39 is 5.54 Å². The zero-order chi connectivity index (χ0) is 20.5. The van der Waals surface area contributed by atoms with E-state index in [1.807, 2.05) is 55.5 Å². The molecule has 0 aliphatic carbocycles. The normalized spacial score (nSPS) is 19.2. The van der Waals surface area contributed by atoms with E-state index in [4.69, 9.17) is 5.73 Å². The molecule has 3 rings (SSSR count). The van der Waals surface area contributed by atoms with Crippen molar-refractivity contribution in [2.45, 2.75) is 46.2 Å². The van der Waals surface area contributed by atoms with Crippen molar-refractivity contribution in [3.63, 3.8) is 0 Å². The summed E-state index contributed by atoms with van der Waals surface area (Å²) in [7, 11) is 0. The highest BCUT2D eigenvalue weighted by Gasteiger charge is 2.43. The Bertz CT molecular complexity index is 931. The lowest BCUT2D eigenvalue weighted by Gasteiger charge is -2.23. The van der Waals surface area contributed by atoms with Crippen LogP contribution in [0, 0.1) is 5.92 Å². The van der Waals surface area contributed by atoms with Gasteiger partial charge in [-0.1, -0.05) is 56.3 Å². The summed E-state index contributed by atoms with van der Waals surface area (Å²) in [5, 5.41) is 0. The summed E-state index contributed by atoms with van der Waals surface area (Å²) < 4.78 is 0. The van der Waals surface area contributed by atoms with Crippen molar-refractivity contribution in [1.29, 1.82) is 0 Å². The molecule has 5 nitrogen and oxygen atoms in total. The van der Waals surface area contributed by atoms with Gasteiger partial charge in [0.25, 0.3) is 5.91 Å². The Balaban J connectivity index is 1.81. The van der Waals surface area contributed by atoms with Gasteiger partial charge in [-0.25, -0.2) is 4.99 Å². The number of benzene rings is 2. The minimum absolute atomic E-state index is 0.0464. The molecular weight excluding hydrogens is 350 g/mol. The Morgan fingerprint density at radius 2 is 1.82 bits per heavy atom. The molecule has 146 valence electrons. The van der Waals surface area contributed by atoms with Gasteiger partial charge in [-0.05, 0) is 48.9 Å². The van der Waals surface area contributed by atoms with E-state index in [1.54, 1.807) is 11.8 Å². The Kier molecular flexibility index (Phi) is 5.36. The van der Waals surface area contributed by atoms with Crippen molar-refractivity contribution in [1.82, 2.24) is 4.90 Å². The summed E-state index contributed by atoms with van der Waals surface area (Å²) >= 11 is 0. The first kappa shape index (κ1) is 19.8. The zero-order valence-corrected chi connectivity index (χ0v) is 16.9. The smallest absolute Gasteiger partial charge is 0.257 e. The Morgan fingerprint density at radius 3 is 2.43 bits per heavy atom. The number of nitrogens with zero attached hydrogens (tertiary/aromatic N) is 2. The van der Waals surface area contributed by atoms with Gasteiger partial charge in [-0.2, -0.15) is 0 Å². The van der Waals surface area contributed by atoms with Crippen LogP contribution in [-0.2, 0) is 11.3 Å². The summed E-state index contributed by atoms with van der Waals surface area (Å²) in [5.74, 6) is 0.637.